The highest BCUT2D eigenvalue weighted by Gasteiger charge is 2.32. The summed E-state index contributed by atoms with van der Waals surface area (Å²) < 4.78 is 28.5. The molecule has 8 nitrogen and oxygen atoms in total. The number of nitrogens with zero attached hydrogens (tertiary/aromatic N) is 4. The number of thiazole rings is 1. The Kier molecular flexibility index (Phi) is 4.94. The molecular formula is C18H21N5O3S2. The zero-order valence-electron chi connectivity index (χ0n) is 15.7. The van der Waals surface area contributed by atoms with Crippen LogP contribution in [0, 0.1) is 13.8 Å². The first-order valence-corrected chi connectivity index (χ1v) is 11.3. The number of carbonyl (C=O) groups excluding carboxylic acids is 1. The van der Waals surface area contributed by atoms with Gasteiger partial charge in [0, 0.05) is 26.2 Å². The Morgan fingerprint density at radius 3 is 2.64 bits per heavy atom. The Morgan fingerprint density at radius 2 is 1.93 bits per heavy atom. The third kappa shape index (κ3) is 3.31. The number of H-pyrrole nitrogens is 1. The van der Waals surface area contributed by atoms with Crippen molar-refractivity contribution in [1.29, 1.82) is 0 Å². The van der Waals surface area contributed by atoms with Crippen LogP contribution in [0.15, 0.2) is 29.2 Å². The summed E-state index contributed by atoms with van der Waals surface area (Å²) in [6, 6.07) is 7.64. The van der Waals surface area contributed by atoms with Crippen molar-refractivity contribution in [3.63, 3.8) is 0 Å². The highest BCUT2D eigenvalue weighted by atomic mass is 32.2. The summed E-state index contributed by atoms with van der Waals surface area (Å²) in [5.74, 6) is -0.142. The van der Waals surface area contributed by atoms with Gasteiger partial charge in [-0.3, -0.25) is 9.89 Å². The van der Waals surface area contributed by atoms with Crippen molar-refractivity contribution in [2.75, 3.05) is 26.2 Å². The molecule has 1 N–H and O–H groups in total. The van der Waals surface area contributed by atoms with Gasteiger partial charge in [0.05, 0.1) is 21.6 Å². The van der Waals surface area contributed by atoms with E-state index < -0.39 is 10.0 Å². The number of nitrogens with one attached hydrogen (secondary N) is 1. The van der Waals surface area contributed by atoms with Gasteiger partial charge in [-0.2, -0.15) is 9.40 Å². The van der Waals surface area contributed by atoms with Gasteiger partial charge in [0.1, 0.15) is 4.90 Å². The molecule has 0 atom stereocenters. The van der Waals surface area contributed by atoms with Crippen LogP contribution in [0.5, 0.6) is 0 Å². The van der Waals surface area contributed by atoms with E-state index in [4.69, 9.17) is 0 Å². The summed E-state index contributed by atoms with van der Waals surface area (Å²) in [5.41, 5.74) is 1.80. The molecule has 0 spiro atoms. The maximum atomic E-state index is 13.1. The predicted octanol–water partition coefficient (Wildman–Crippen LogP) is 2.17. The molecule has 2 aromatic heterocycles. The molecule has 0 bridgehead atoms. The van der Waals surface area contributed by atoms with Gasteiger partial charge in [-0.25, -0.2) is 13.4 Å². The Bertz CT molecular complexity index is 1080. The maximum Gasteiger partial charge on any atom is 0.282 e. The minimum Gasteiger partial charge on any atom is -0.335 e. The molecule has 0 saturated carbocycles. The van der Waals surface area contributed by atoms with Gasteiger partial charge in [0.25, 0.3) is 5.91 Å². The molecule has 1 aliphatic heterocycles. The number of fused-ring (bicyclic) bond motifs is 1. The van der Waals surface area contributed by atoms with E-state index in [0.717, 1.165) is 10.2 Å². The highest BCUT2D eigenvalue weighted by Crippen LogP contribution is 2.25. The highest BCUT2D eigenvalue weighted by molar-refractivity contribution is 7.89. The van der Waals surface area contributed by atoms with Gasteiger partial charge in [-0.15, -0.1) is 11.3 Å². The van der Waals surface area contributed by atoms with Crippen LogP contribution in [0.1, 0.15) is 27.6 Å². The topological polar surface area (TPSA) is 99.3 Å². The van der Waals surface area contributed by atoms with Crippen molar-refractivity contribution in [3.05, 3.63) is 40.7 Å². The van der Waals surface area contributed by atoms with E-state index in [2.05, 4.69) is 15.2 Å². The molecule has 0 aliphatic carbocycles. The van der Waals surface area contributed by atoms with Crippen LogP contribution in [-0.4, -0.2) is 64.9 Å². The molecule has 1 amide bonds. The zero-order valence-corrected chi connectivity index (χ0v) is 17.3. The van der Waals surface area contributed by atoms with Gasteiger partial charge >= 0.3 is 0 Å². The number of benzene rings is 1. The second-order valence-corrected chi connectivity index (χ2v) is 9.71. The first-order valence-electron chi connectivity index (χ1n) is 9.04. The lowest BCUT2D eigenvalue weighted by molar-refractivity contribution is 0.0764. The maximum absolute atomic E-state index is 13.1. The number of sulfonamides is 1. The summed E-state index contributed by atoms with van der Waals surface area (Å²) >= 11 is 1.37. The molecule has 1 aromatic carbocycles. The van der Waals surface area contributed by atoms with Gasteiger partial charge < -0.3 is 4.90 Å². The van der Waals surface area contributed by atoms with E-state index in [1.165, 1.54) is 15.6 Å². The fraction of sp³-hybridized carbons (Fsp3) is 0.389. The van der Waals surface area contributed by atoms with Crippen molar-refractivity contribution < 1.29 is 13.2 Å². The molecule has 1 fully saturated rings. The molecular weight excluding hydrogens is 398 g/mol. The van der Waals surface area contributed by atoms with Crippen LogP contribution < -0.4 is 0 Å². The van der Waals surface area contributed by atoms with Crippen molar-refractivity contribution in [2.45, 2.75) is 25.2 Å². The number of hydrogen-bond acceptors (Lipinski definition) is 6. The zero-order chi connectivity index (χ0) is 19.9. The molecule has 148 valence electrons. The lowest BCUT2D eigenvalue weighted by atomic mass is 10.3. The molecule has 3 heterocycles. The number of aryl methyl sites for hydroxylation is 2. The molecule has 1 saturated heterocycles. The minimum atomic E-state index is -3.65. The lowest BCUT2D eigenvalue weighted by Gasteiger charge is -2.21. The van der Waals surface area contributed by atoms with Crippen LogP contribution in [-0.2, 0) is 10.0 Å². The van der Waals surface area contributed by atoms with Crippen LogP contribution in [0.2, 0.25) is 0 Å². The average Bonchev–Trinajstić information content (AvgIpc) is 3.14. The minimum absolute atomic E-state index is 0.142. The van der Waals surface area contributed by atoms with E-state index >= 15 is 0 Å². The number of aromatic amines is 1. The number of rotatable bonds is 3. The quantitative estimate of drug-likeness (QED) is 0.701. The Labute approximate surface area is 167 Å². The van der Waals surface area contributed by atoms with E-state index in [-0.39, 0.29) is 17.3 Å². The first-order chi connectivity index (χ1) is 13.4. The van der Waals surface area contributed by atoms with Gasteiger partial charge in [-0.1, -0.05) is 12.1 Å². The first kappa shape index (κ1) is 19.0. The number of carbonyl (C=O) groups is 1. The third-order valence-corrected chi connectivity index (χ3v) is 8.06. The van der Waals surface area contributed by atoms with Crippen LogP contribution >= 0.6 is 11.3 Å². The van der Waals surface area contributed by atoms with Crippen LogP contribution in [0.3, 0.4) is 0 Å². The molecule has 4 rings (SSSR count). The smallest absolute Gasteiger partial charge is 0.282 e. The molecule has 10 heteroatoms. The Hall–Kier alpha value is -2.30. The van der Waals surface area contributed by atoms with Gasteiger partial charge in [0.2, 0.25) is 10.0 Å². The molecule has 3 aromatic rings. The van der Waals surface area contributed by atoms with E-state index in [0.29, 0.717) is 42.5 Å². The second kappa shape index (κ2) is 7.26. The summed E-state index contributed by atoms with van der Waals surface area (Å²) in [6.45, 7) is 4.85. The summed E-state index contributed by atoms with van der Waals surface area (Å²) in [6.07, 6.45) is 0.575. The molecule has 28 heavy (non-hydrogen) atoms. The van der Waals surface area contributed by atoms with Crippen molar-refractivity contribution in [2.24, 2.45) is 0 Å². The molecule has 1 aliphatic rings. The Balaban J connectivity index is 1.53. The lowest BCUT2D eigenvalue weighted by Crippen LogP contribution is -2.37. The largest absolute Gasteiger partial charge is 0.335 e. The second-order valence-electron chi connectivity index (χ2n) is 6.80. The van der Waals surface area contributed by atoms with Crippen molar-refractivity contribution >= 4 is 37.5 Å². The predicted molar refractivity (Wildman–Crippen MR) is 107 cm³/mol. The van der Waals surface area contributed by atoms with E-state index in [1.807, 2.05) is 24.3 Å². The van der Waals surface area contributed by atoms with Crippen LogP contribution in [0.25, 0.3) is 10.2 Å². The molecule has 0 unspecified atom stereocenters. The Morgan fingerprint density at radius 1 is 1.14 bits per heavy atom. The van der Waals surface area contributed by atoms with Crippen LogP contribution in [0.4, 0.5) is 0 Å². The summed E-state index contributed by atoms with van der Waals surface area (Å²) in [5, 5.41) is 7.18. The fourth-order valence-corrected chi connectivity index (χ4v) is 6.22. The summed E-state index contributed by atoms with van der Waals surface area (Å²) in [4.78, 5) is 19.3. The van der Waals surface area contributed by atoms with Gasteiger partial charge in [0.15, 0.2) is 5.01 Å². The monoisotopic (exact) mass is 419 g/mol. The van der Waals surface area contributed by atoms with Crippen molar-refractivity contribution in [3.8, 4) is 0 Å². The van der Waals surface area contributed by atoms with Crippen molar-refractivity contribution in [1.82, 2.24) is 24.4 Å². The van der Waals surface area contributed by atoms with Gasteiger partial charge in [-0.05, 0) is 32.4 Å². The number of aromatic nitrogens is 3. The fourth-order valence-electron chi connectivity index (χ4n) is 3.49. The summed E-state index contributed by atoms with van der Waals surface area (Å²) in [7, 11) is -3.65. The standard InChI is InChI=1S/C18H21N5O3S2/c1-12-16(13(2)21-20-12)28(25,26)23-9-5-8-22(10-11-23)18(24)17-19-14-6-3-4-7-15(14)27-17/h3-4,6-7H,5,8-11H2,1-2H3,(H,20,21). The SMILES string of the molecule is Cc1n[nH]c(C)c1S(=O)(=O)N1CCCN(C(=O)c2nc3ccccc3s2)CC1. The molecule has 0 radical (unpaired) electrons. The normalized spacial score (nSPS) is 16.4. The number of para-hydroxylation sites is 1. The number of hydrogen-bond donors (Lipinski definition) is 1. The number of amides is 1. The van der Waals surface area contributed by atoms with E-state index in [1.54, 1.807) is 18.7 Å². The van der Waals surface area contributed by atoms with E-state index in [9.17, 15) is 13.2 Å². The average molecular weight is 420 g/mol. The third-order valence-electron chi connectivity index (χ3n) is 4.88.